The summed E-state index contributed by atoms with van der Waals surface area (Å²) in [6.45, 7) is 6.66. The molecule has 0 aliphatic rings. The minimum absolute atomic E-state index is 0.372. The predicted molar refractivity (Wildman–Crippen MR) is 72.5 cm³/mol. The van der Waals surface area contributed by atoms with Gasteiger partial charge in [-0.05, 0) is 50.6 Å². The second-order valence-corrected chi connectivity index (χ2v) is 4.69. The highest BCUT2D eigenvalue weighted by Gasteiger charge is 2.04. The van der Waals surface area contributed by atoms with E-state index < -0.39 is 0 Å². The Labute approximate surface area is 107 Å². The van der Waals surface area contributed by atoms with Crippen LogP contribution in [0.2, 0.25) is 0 Å². The van der Waals surface area contributed by atoms with Gasteiger partial charge in [0.25, 0.3) is 0 Å². The van der Waals surface area contributed by atoms with Crippen molar-refractivity contribution in [3.05, 3.63) is 41.7 Å². The topological polar surface area (TPSA) is 53.1 Å². The number of benzene rings is 1. The molecule has 0 radical (unpaired) electrons. The summed E-state index contributed by atoms with van der Waals surface area (Å²) < 4.78 is 7.66. The molecule has 2 aromatic rings. The molecule has 0 atom stereocenters. The molecule has 0 fully saturated rings. The molecule has 1 heterocycles. The van der Waals surface area contributed by atoms with E-state index in [1.807, 2.05) is 42.1 Å². The third-order valence-electron chi connectivity index (χ3n) is 2.77. The van der Waals surface area contributed by atoms with E-state index >= 15 is 0 Å². The highest BCUT2D eigenvalue weighted by atomic mass is 16.5. The standard InChI is InChI=1S/C14H19N3O/c1-10(2)17-7-6-13(16-17)9-18-14-5-4-12(15)8-11(14)3/h4-8,10H,9,15H2,1-3H3. The third-order valence-corrected chi connectivity index (χ3v) is 2.77. The van der Waals surface area contributed by atoms with Crippen LogP contribution in [0.15, 0.2) is 30.5 Å². The van der Waals surface area contributed by atoms with Crippen molar-refractivity contribution < 1.29 is 4.74 Å². The summed E-state index contributed by atoms with van der Waals surface area (Å²) >= 11 is 0. The Morgan fingerprint density at radius 3 is 2.72 bits per heavy atom. The van der Waals surface area contributed by atoms with Gasteiger partial charge in [0.2, 0.25) is 0 Å². The Kier molecular flexibility index (Phi) is 3.55. The van der Waals surface area contributed by atoms with E-state index in [0.29, 0.717) is 12.6 Å². The molecule has 0 spiro atoms. The average Bonchev–Trinajstić information content (AvgIpc) is 2.76. The van der Waals surface area contributed by atoms with Crippen molar-refractivity contribution >= 4 is 5.69 Å². The molecule has 0 aliphatic heterocycles. The van der Waals surface area contributed by atoms with Crippen LogP contribution in [0, 0.1) is 6.92 Å². The summed E-state index contributed by atoms with van der Waals surface area (Å²) in [5.74, 6) is 0.850. The van der Waals surface area contributed by atoms with E-state index in [4.69, 9.17) is 10.5 Å². The summed E-state index contributed by atoms with van der Waals surface area (Å²) in [6.07, 6.45) is 1.97. The number of hydrogen-bond donors (Lipinski definition) is 1. The maximum absolute atomic E-state index is 5.74. The first-order valence-corrected chi connectivity index (χ1v) is 6.09. The van der Waals surface area contributed by atoms with E-state index in [1.54, 1.807) is 0 Å². The summed E-state index contributed by atoms with van der Waals surface area (Å²) in [7, 11) is 0. The number of anilines is 1. The van der Waals surface area contributed by atoms with Gasteiger partial charge >= 0.3 is 0 Å². The van der Waals surface area contributed by atoms with Crippen LogP contribution in [0.4, 0.5) is 5.69 Å². The Morgan fingerprint density at radius 1 is 1.33 bits per heavy atom. The normalized spacial score (nSPS) is 10.9. The lowest BCUT2D eigenvalue weighted by atomic mass is 10.2. The lowest BCUT2D eigenvalue weighted by Gasteiger charge is -2.08. The van der Waals surface area contributed by atoms with Crippen molar-refractivity contribution in [1.82, 2.24) is 9.78 Å². The molecule has 96 valence electrons. The molecule has 2 rings (SSSR count). The summed E-state index contributed by atoms with van der Waals surface area (Å²) in [6, 6.07) is 7.99. The molecular weight excluding hydrogens is 226 g/mol. The first kappa shape index (κ1) is 12.5. The van der Waals surface area contributed by atoms with Crippen LogP contribution in [0.3, 0.4) is 0 Å². The summed E-state index contributed by atoms with van der Waals surface area (Å²) in [4.78, 5) is 0. The van der Waals surface area contributed by atoms with E-state index in [2.05, 4.69) is 18.9 Å². The van der Waals surface area contributed by atoms with Gasteiger partial charge in [-0.15, -0.1) is 0 Å². The molecule has 0 saturated heterocycles. The fourth-order valence-corrected chi connectivity index (χ4v) is 1.73. The number of hydrogen-bond acceptors (Lipinski definition) is 3. The van der Waals surface area contributed by atoms with Gasteiger partial charge in [-0.2, -0.15) is 5.10 Å². The van der Waals surface area contributed by atoms with Gasteiger partial charge in [-0.25, -0.2) is 0 Å². The van der Waals surface area contributed by atoms with Crippen molar-refractivity contribution in [3.63, 3.8) is 0 Å². The van der Waals surface area contributed by atoms with Crippen LogP contribution < -0.4 is 10.5 Å². The quantitative estimate of drug-likeness (QED) is 0.843. The van der Waals surface area contributed by atoms with Crippen LogP contribution in [-0.2, 0) is 6.61 Å². The van der Waals surface area contributed by atoms with E-state index in [-0.39, 0.29) is 0 Å². The van der Waals surface area contributed by atoms with Gasteiger partial charge in [0, 0.05) is 17.9 Å². The van der Waals surface area contributed by atoms with E-state index in [9.17, 15) is 0 Å². The SMILES string of the molecule is Cc1cc(N)ccc1OCc1ccn(C(C)C)n1. The molecule has 4 nitrogen and oxygen atoms in total. The zero-order valence-electron chi connectivity index (χ0n) is 11.1. The Bertz CT molecular complexity index is 532. The predicted octanol–water partition coefficient (Wildman–Crippen LogP) is 2.93. The third kappa shape index (κ3) is 2.83. The number of nitrogen functional groups attached to an aromatic ring is 1. The largest absolute Gasteiger partial charge is 0.487 e. The Hall–Kier alpha value is -1.97. The van der Waals surface area contributed by atoms with E-state index in [0.717, 1.165) is 22.7 Å². The van der Waals surface area contributed by atoms with Crippen molar-refractivity contribution in [2.75, 3.05) is 5.73 Å². The number of nitrogens with zero attached hydrogens (tertiary/aromatic N) is 2. The zero-order chi connectivity index (χ0) is 13.1. The van der Waals surface area contributed by atoms with Crippen LogP contribution in [-0.4, -0.2) is 9.78 Å². The first-order valence-electron chi connectivity index (χ1n) is 6.09. The van der Waals surface area contributed by atoms with E-state index in [1.165, 1.54) is 0 Å². The van der Waals surface area contributed by atoms with Gasteiger partial charge in [0.15, 0.2) is 0 Å². The fraction of sp³-hybridized carbons (Fsp3) is 0.357. The monoisotopic (exact) mass is 245 g/mol. The van der Waals surface area contributed by atoms with Gasteiger partial charge in [0.05, 0.1) is 5.69 Å². The molecule has 0 amide bonds. The molecule has 0 unspecified atom stereocenters. The number of rotatable bonds is 4. The molecule has 2 N–H and O–H groups in total. The fourth-order valence-electron chi connectivity index (χ4n) is 1.73. The minimum Gasteiger partial charge on any atom is -0.487 e. The number of ether oxygens (including phenoxy) is 1. The van der Waals surface area contributed by atoms with Gasteiger partial charge < -0.3 is 10.5 Å². The van der Waals surface area contributed by atoms with Crippen molar-refractivity contribution in [2.45, 2.75) is 33.4 Å². The minimum atomic E-state index is 0.372. The Morgan fingerprint density at radius 2 is 2.11 bits per heavy atom. The molecule has 0 bridgehead atoms. The number of nitrogens with two attached hydrogens (primary N) is 1. The lowest BCUT2D eigenvalue weighted by Crippen LogP contribution is -2.03. The second kappa shape index (κ2) is 5.12. The maximum atomic E-state index is 5.74. The molecule has 1 aromatic carbocycles. The highest BCUT2D eigenvalue weighted by Crippen LogP contribution is 2.21. The van der Waals surface area contributed by atoms with Crippen LogP contribution in [0.1, 0.15) is 31.1 Å². The molecule has 1 aromatic heterocycles. The first-order chi connectivity index (χ1) is 8.56. The molecule has 0 saturated carbocycles. The van der Waals surface area contributed by atoms with Crippen molar-refractivity contribution in [2.24, 2.45) is 0 Å². The summed E-state index contributed by atoms with van der Waals surface area (Å²) in [5.41, 5.74) is 8.42. The maximum Gasteiger partial charge on any atom is 0.132 e. The molecule has 4 heteroatoms. The molecular formula is C14H19N3O. The average molecular weight is 245 g/mol. The van der Waals surface area contributed by atoms with Crippen molar-refractivity contribution in [1.29, 1.82) is 0 Å². The molecule has 18 heavy (non-hydrogen) atoms. The zero-order valence-corrected chi connectivity index (χ0v) is 11.1. The van der Waals surface area contributed by atoms with Crippen LogP contribution >= 0.6 is 0 Å². The van der Waals surface area contributed by atoms with Gasteiger partial charge in [-0.1, -0.05) is 0 Å². The van der Waals surface area contributed by atoms with Crippen molar-refractivity contribution in [3.8, 4) is 5.75 Å². The number of aromatic nitrogens is 2. The number of aryl methyl sites for hydroxylation is 1. The van der Waals surface area contributed by atoms with Gasteiger partial charge in [-0.3, -0.25) is 4.68 Å². The Balaban J connectivity index is 2.02. The van der Waals surface area contributed by atoms with Gasteiger partial charge in [0.1, 0.15) is 12.4 Å². The second-order valence-electron chi connectivity index (χ2n) is 4.69. The summed E-state index contributed by atoms with van der Waals surface area (Å²) in [5, 5.41) is 4.44. The molecule has 0 aliphatic carbocycles. The van der Waals surface area contributed by atoms with Crippen LogP contribution in [0.25, 0.3) is 0 Å². The van der Waals surface area contributed by atoms with Crippen LogP contribution in [0.5, 0.6) is 5.75 Å². The smallest absolute Gasteiger partial charge is 0.132 e. The highest BCUT2D eigenvalue weighted by molar-refractivity contribution is 5.47. The lowest BCUT2D eigenvalue weighted by molar-refractivity contribution is 0.297.